The zero-order valence-corrected chi connectivity index (χ0v) is 24.9. The van der Waals surface area contributed by atoms with Gasteiger partial charge in [-0.15, -0.1) is 10.2 Å². The molecule has 8 rings (SSSR count). The summed E-state index contributed by atoms with van der Waals surface area (Å²) in [7, 11) is 0. The first-order valence-corrected chi connectivity index (χ1v) is 16.1. The van der Waals surface area contributed by atoms with Gasteiger partial charge in [0.2, 0.25) is 5.95 Å². The molecule has 5 fully saturated rings. The van der Waals surface area contributed by atoms with Gasteiger partial charge in [0.25, 0.3) is 0 Å². The predicted octanol–water partition coefficient (Wildman–Crippen LogP) is 3.90. The fraction of sp³-hybridized carbons (Fsp3) is 0.545. The number of hydrogen-bond acceptors (Lipinski definition) is 10. The summed E-state index contributed by atoms with van der Waals surface area (Å²) in [5.74, 6) is 1.15. The number of para-hydroxylation sites is 1. The zero-order valence-electron chi connectivity index (χ0n) is 24.9. The first-order chi connectivity index (χ1) is 21.4. The number of aromatic hydroxyl groups is 1. The molecule has 2 bridgehead atoms. The summed E-state index contributed by atoms with van der Waals surface area (Å²) in [6.07, 6.45) is 12.6. The molecular formula is C33H40N8O3. The molecule has 11 nitrogen and oxygen atoms in total. The van der Waals surface area contributed by atoms with Gasteiger partial charge in [0, 0.05) is 49.2 Å². The number of rotatable bonds is 6. The summed E-state index contributed by atoms with van der Waals surface area (Å²) in [6, 6.07) is 10.3. The number of anilines is 3. The van der Waals surface area contributed by atoms with Gasteiger partial charge in [0.1, 0.15) is 5.75 Å². The number of aliphatic carboxylic acids is 1. The Bertz CT molecular complexity index is 1530. The second-order valence-electron chi connectivity index (χ2n) is 13.8. The molecule has 0 amide bonds. The van der Waals surface area contributed by atoms with Gasteiger partial charge in [-0.2, -0.15) is 0 Å². The Morgan fingerprint density at radius 3 is 2.25 bits per heavy atom. The smallest absolute Gasteiger partial charge is 0.306 e. The first kappa shape index (κ1) is 27.6. The molecule has 3 aliphatic heterocycles. The highest BCUT2D eigenvalue weighted by Gasteiger charge is 2.56. The summed E-state index contributed by atoms with van der Waals surface area (Å²) in [5, 5.41) is 28.1. The SMILES string of the molecule is Nc1nnc(-c2ccccc2O)cc1N1CC2CCC(C1)N2c1ncc(C2CCN(C3CC4(CC(C(=O)O)C4)C3)CC2)cn1. The molecule has 230 valence electrons. The molecule has 11 heteroatoms. The van der Waals surface area contributed by atoms with E-state index in [4.69, 9.17) is 15.7 Å². The van der Waals surface area contributed by atoms with E-state index in [9.17, 15) is 15.0 Å². The van der Waals surface area contributed by atoms with E-state index >= 15 is 0 Å². The number of nitrogen functional groups attached to an aromatic ring is 1. The van der Waals surface area contributed by atoms with E-state index in [0.717, 1.165) is 76.3 Å². The molecule has 0 radical (unpaired) electrons. The molecular weight excluding hydrogens is 556 g/mol. The summed E-state index contributed by atoms with van der Waals surface area (Å²) in [4.78, 5) is 28.3. The van der Waals surface area contributed by atoms with Gasteiger partial charge < -0.3 is 30.6 Å². The van der Waals surface area contributed by atoms with Crippen LogP contribution < -0.4 is 15.5 Å². The van der Waals surface area contributed by atoms with Crippen LogP contribution in [-0.2, 0) is 4.79 Å². The number of piperidine rings is 1. The fourth-order valence-corrected chi connectivity index (χ4v) is 8.86. The number of carboxylic acid groups (broad SMARTS) is 1. The third-order valence-corrected chi connectivity index (χ3v) is 11.3. The molecule has 44 heavy (non-hydrogen) atoms. The van der Waals surface area contributed by atoms with E-state index < -0.39 is 5.97 Å². The van der Waals surface area contributed by atoms with Crippen LogP contribution in [0.4, 0.5) is 17.5 Å². The monoisotopic (exact) mass is 596 g/mol. The Labute approximate surface area is 257 Å². The van der Waals surface area contributed by atoms with Crippen molar-refractivity contribution in [1.82, 2.24) is 25.1 Å². The van der Waals surface area contributed by atoms with Crippen molar-refractivity contribution in [2.24, 2.45) is 11.3 Å². The zero-order chi connectivity index (χ0) is 30.0. The number of phenols is 1. The van der Waals surface area contributed by atoms with Gasteiger partial charge >= 0.3 is 5.97 Å². The number of piperazine rings is 1. The van der Waals surface area contributed by atoms with Crippen molar-refractivity contribution < 1.29 is 15.0 Å². The van der Waals surface area contributed by atoms with Crippen LogP contribution in [0.5, 0.6) is 5.75 Å². The lowest BCUT2D eigenvalue weighted by atomic mass is 9.49. The molecule has 5 heterocycles. The standard InChI is InChI=1S/C33H40N8O3/c34-30-28(11-27(37-38-30)26-3-1-2-4-29(26)42)40-18-23-5-6-24(19-40)41(23)32-35-16-22(17-36-32)20-7-9-39(10-8-20)25-14-33(15-25)12-21(13-33)31(43)44/h1-4,11,16-17,20-21,23-25,42H,5-10,12-15,18-19H2,(H2,34,38)(H,43,44). The Morgan fingerprint density at radius 1 is 0.909 bits per heavy atom. The van der Waals surface area contributed by atoms with Crippen LogP contribution in [0.2, 0.25) is 0 Å². The summed E-state index contributed by atoms with van der Waals surface area (Å²) >= 11 is 0. The van der Waals surface area contributed by atoms with Crippen molar-refractivity contribution in [3.05, 3.63) is 48.3 Å². The normalized spacial score (nSPS) is 30.3. The van der Waals surface area contributed by atoms with Gasteiger partial charge in [-0.1, -0.05) is 12.1 Å². The third-order valence-electron chi connectivity index (χ3n) is 11.3. The van der Waals surface area contributed by atoms with Crippen LogP contribution in [0.25, 0.3) is 11.3 Å². The van der Waals surface area contributed by atoms with Crippen LogP contribution in [0.1, 0.15) is 62.8 Å². The third kappa shape index (κ3) is 4.72. The van der Waals surface area contributed by atoms with Crippen LogP contribution >= 0.6 is 0 Å². The fourth-order valence-electron chi connectivity index (χ4n) is 8.86. The number of hydrogen-bond donors (Lipinski definition) is 3. The molecule has 2 aromatic heterocycles. The van der Waals surface area contributed by atoms with Crippen LogP contribution in [0, 0.1) is 11.3 Å². The number of nitrogens with two attached hydrogens (primary N) is 1. The van der Waals surface area contributed by atoms with Gasteiger partial charge in [-0.05, 0) is 99.6 Å². The Hall–Kier alpha value is -3.99. The van der Waals surface area contributed by atoms with E-state index in [0.29, 0.717) is 34.4 Å². The molecule has 2 saturated carbocycles. The maximum absolute atomic E-state index is 11.2. The lowest BCUT2D eigenvalue weighted by Crippen LogP contribution is -2.58. The van der Waals surface area contributed by atoms with Crippen molar-refractivity contribution in [2.45, 2.75) is 75.4 Å². The minimum atomic E-state index is -0.615. The molecule has 2 aliphatic carbocycles. The van der Waals surface area contributed by atoms with Crippen molar-refractivity contribution in [3.8, 4) is 17.0 Å². The molecule has 4 N–H and O–H groups in total. The second-order valence-corrected chi connectivity index (χ2v) is 13.8. The van der Waals surface area contributed by atoms with Gasteiger partial charge in [-0.3, -0.25) is 4.79 Å². The van der Waals surface area contributed by atoms with Crippen molar-refractivity contribution in [2.75, 3.05) is 41.7 Å². The van der Waals surface area contributed by atoms with Crippen molar-refractivity contribution in [3.63, 3.8) is 0 Å². The highest BCUT2D eigenvalue weighted by molar-refractivity contribution is 5.74. The van der Waals surface area contributed by atoms with E-state index in [2.05, 4.69) is 37.3 Å². The molecule has 1 aromatic carbocycles. The largest absolute Gasteiger partial charge is 0.507 e. The number of benzene rings is 1. The quantitative estimate of drug-likeness (QED) is 0.381. The van der Waals surface area contributed by atoms with E-state index in [-0.39, 0.29) is 23.8 Å². The van der Waals surface area contributed by atoms with E-state index in [1.165, 1.54) is 18.4 Å². The number of likely N-dealkylation sites (tertiary alicyclic amines) is 1. The molecule has 5 aliphatic rings. The molecule has 2 unspecified atom stereocenters. The number of fused-ring (bicyclic) bond motifs is 2. The van der Waals surface area contributed by atoms with E-state index in [1.807, 2.05) is 18.2 Å². The highest BCUT2D eigenvalue weighted by atomic mass is 16.4. The van der Waals surface area contributed by atoms with Crippen LogP contribution in [0.3, 0.4) is 0 Å². The minimum absolute atomic E-state index is 0.106. The lowest BCUT2D eigenvalue weighted by molar-refractivity contribution is -0.160. The number of aromatic nitrogens is 4. The Balaban J connectivity index is 0.884. The number of carbonyl (C=O) groups is 1. The second kappa shape index (κ2) is 10.6. The van der Waals surface area contributed by atoms with E-state index in [1.54, 1.807) is 12.1 Å². The van der Waals surface area contributed by atoms with Crippen LogP contribution in [0.15, 0.2) is 42.7 Å². The average molecular weight is 597 g/mol. The number of phenolic OH excluding ortho intramolecular Hbond substituents is 1. The Morgan fingerprint density at radius 2 is 1.59 bits per heavy atom. The van der Waals surface area contributed by atoms with Gasteiger partial charge in [0.05, 0.1) is 17.3 Å². The van der Waals surface area contributed by atoms with Gasteiger partial charge in [0.15, 0.2) is 5.82 Å². The molecule has 3 aromatic rings. The van der Waals surface area contributed by atoms with Crippen molar-refractivity contribution in [1.29, 1.82) is 0 Å². The summed E-state index contributed by atoms with van der Waals surface area (Å²) in [5.41, 5.74) is 9.98. The maximum Gasteiger partial charge on any atom is 0.306 e. The topological polar surface area (TPSA) is 145 Å². The maximum atomic E-state index is 11.2. The number of carboxylic acids is 1. The summed E-state index contributed by atoms with van der Waals surface area (Å²) in [6.45, 7) is 3.80. The molecule has 1 spiro atoms. The van der Waals surface area contributed by atoms with Crippen molar-refractivity contribution >= 4 is 23.4 Å². The Kier molecular flexibility index (Phi) is 6.62. The molecule has 2 atom stereocenters. The first-order valence-electron chi connectivity index (χ1n) is 16.1. The predicted molar refractivity (Wildman–Crippen MR) is 166 cm³/mol. The highest BCUT2D eigenvalue weighted by Crippen LogP contribution is 2.60. The average Bonchev–Trinajstić information content (AvgIpc) is 3.25. The minimum Gasteiger partial charge on any atom is -0.507 e. The summed E-state index contributed by atoms with van der Waals surface area (Å²) < 4.78 is 0. The van der Waals surface area contributed by atoms with Gasteiger partial charge in [-0.25, -0.2) is 9.97 Å². The van der Waals surface area contributed by atoms with Crippen LogP contribution in [-0.4, -0.2) is 85.6 Å². The lowest BCUT2D eigenvalue weighted by Gasteiger charge is -2.59. The number of nitrogens with zero attached hydrogens (tertiary/aromatic N) is 7. The molecule has 3 saturated heterocycles.